The number of carbonyl (C=O) groups excluding carboxylic acids is 1. The molecule has 1 aliphatic rings. The molecule has 8 heteroatoms. The Bertz CT molecular complexity index is 841. The summed E-state index contributed by atoms with van der Waals surface area (Å²) in [4.78, 5) is 27.1. The summed E-state index contributed by atoms with van der Waals surface area (Å²) in [5, 5.41) is 8.45. The maximum absolute atomic E-state index is 12.8. The van der Waals surface area contributed by atoms with Gasteiger partial charge in [0.2, 0.25) is 5.91 Å². The molecular formula is C18H27N5O3. The van der Waals surface area contributed by atoms with Crippen LogP contribution in [0.5, 0.6) is 0 Å². The van der Waals surface area contributed by atoms with E-state index in [9.17, 15) is 9.59 Å². The van der Waals surface area contributed by atoms with Crippen molar-refractivity contribution in [2.24, 2.45) is 5.92 Å². The van der Waals surface area contributed by atoms with Crippen LogP contribution in [0.25, 0.3) is 0 Å². The second kappa shape index (κ2) is 7.09. The van der Waals surface area contributed by atoms with Gasteiger partial charge in [0.15, 0.2) is 0 Å². The van der Waals surface area contributed by atoms with E-state index in [1.54, 1.807) is 9.47 Å². The van der Waals surface area contributed by atoms with Gasteiger partial charge in [-0.2, -0.15) is 5.10 Å². The average Bonchev–Trinajstić information content (AvgIpc) is 2.98. The molecule has 26 heavy (non-hydrogen) atoms. The fourth-order valence-electron chi connectivity index (χ4n) is 3.40. The molecule has 0 fully saturated rings. The summed E-state index contributed by atoms with van der Waals surface area (Å²) in [5.41, 5.74) is 1.54. The highest BCUT2D eigenvalue weighted by Gasteiger charge is 2.28. The predicted molar refractivity (Wildman–Crippen MR) is 95.9 cm³/mol. The minimum absolute atomic E-state index is 0.0560. The van der Waals surface area contributed by atoms with Crippen LogP contribution in [0, 0.1) is 19.8 Å². The topological polar surface area (TPSA) is 86.2 Å². The van der Waals surface area contributed by atoms with Crippen LogP contribution in [0.2, 0.25) is 0 Å². The molecule has 0 saturated carbocycles. The number of aryl methyl sites for hydroxylation is 3. The Balaban J connectivity index is 1.77. The Morgan fingerprint density at radius 3 is 2.69 bits per heavy atom. The van der Waals surface area contributed by atoms with Gasteiger partial charge in [0.05, 0.1) is 12.2 Å². The first-order valence-electron chi connectivity index (χ1n) is 9.14. The number of amides is 1. The van der Waals surface area contributed by atoms with Gasteiger partial charge in [0, 0.05) is 37.5 Å². The lowest BCUT2D eigenvalue weighted by atomic mass is 9.98. The summed E-state index contributed by atoms with van der Waals surface area (Å²) >= 11 is 0. The van der Waals surface area contributed by atoms with Crippen LogP contribution in [-0.2, 0) is 24.3 Å². The van der Waals surface area contributed by atoms with E-state index >= 15 is 0 Å². The first-order chi connectivity index (χ1) is 12.3. The molecule has 2 aromatic heterocycles. The second-order valence-electron chi connectivity index (χ2n) is 7.38. The average molecular weight is 361 g/mol. The van der Waals surface area contributed by atoms with Crippen LogP contribution < -0.4 is 5.69 Å². The Morgan fingerprint density at radius 2 is 2.08 bits per heavy atom. The van der Waals surface area contributed by atoms with Crippen molar-refractivity contribution in [3.63, 3.8) is 0 Å². The third kappa shape index (κ3) is 3.32. The molecule has 2 aromatic rings. The fraction of sp³-hybridized carbons (Fsp3) is 0.667. The number of hydrogen-bond acceptors (Lipinski definition) is 5. The lowest BCUT2D eigenvalue weighted by molar-refractivity contribution is -0.136. The van der Waals surface area contributed by atoms with Crippen molar-refractivity contribution in [1.82, 2.24) is 24.4 Å². The number of carbonyl (C=O) groups is 1. The van der Waals surface area contributed by atoms with Crippen molar-refractivity contribution in [1.29, 1.82) is 0 Å². The van der Waals surface area contributed by atoms with Crippen molar-refractivity contribution in [2.45, 2.75) is 66.1 Å². The maximum atomic E-state index is 12.8. The number of rotatable bonds is 4. The van der Waals surface area contributed by atoms with E-state index in [1.165, 1.54) is 4.68 Å². The third-order valence-corrected chi connectivity index (χ3v) is 5.38. The molecule has 3 heterocycles. The van der Waals surface area contributed by atoms with E-state index in [-0.39, 0.29) is 23.6 Å². The zero-order chi connectivity index (χ0) is 19.0. The first kappa shape index (κ1) is 18.4. The lowest BCUT2D eigenvalue weighted by Crippen LogP contribution is -2.38. The Labute approximate surface area is 152 Å². The van der Waals surface area contributed by atoms with Gasteiger partial charge in [0.1, 0.15) is 11.6 Å². The van der Waals surface area contributed by atoms with Crippen LogP contribution >= 0.6 is 0 Å². The van der Waals surface area contributed by atoms with Gasteiger partial charge in [-0.3, -0.25) is 9.36 Å². The van der Waals surface area contributed by atoms with E-state index < -0.39 is 0 Å². The van der Waals surface area contributed by atoms with Gasteiger partial charge in [0.25, 0.3) is 0 Å². The summed E-state index contributed by atoms with van der Waals surface area (Å²) in [6.45, 7) is 8.60. The molecule has 0 saturated heterocycles. The molecular weight excluding hydrogens is 334 g/mol. The van der Waals surface area contributed by atoms with Crippen molar-refractivity contribution in [2.75, 3.05) is 7.05 Å². The van der Waals surface area contributed by atoms with Crippen molar-refractivity contribution in [3.05, 3.63) is 33.3 Å². The van der Waals surface area contributed by atoms with E-state index in [1.807, 2.05) is 34.7 Å². The third-order valence-electron chi connectivity index (χ3n) is 5.38. The highest BCUT2D eigenvalue weighted by molar-refractivity contribution is 5.78. The SMILES string of the molecule is Cc1noc(C)c1Cn1nc2n(c1=O)CCC(C(=O)N(C)C(C)C)CC2. The molecule has 1 amide bonds. The van der Waals surface area contributed by atoms with E-state index in [0.717, 1.165) is 23.5 Å². The number of fused-ring (bicyclic) bond motifs is 1. The molecule has 0 N–H and O–H groups in total. The molecule has 1 unspecified atom stereocenters. The van der Waals surface area contributed by atoms with Crippen molar-refractivity contribution in [3.8, 4) is 0 Å². The zero-order valence-electron chi connectivity index (χ0n) is 16.2. The second-order valence-corrected chi connectivity index (χ2v) is 7.38. The summed E-state index contributed by atoms with van der Waals surface area (Å²) < 4.78 is 8.35. The summed E-state index contributed by atoms with van der Waals surface area (Å²) in [6, 6.07) is 0.176. The van der Waals surface area contributed by atoms with E-state index in [4.69, 9.17) is 4.52 Å². The van der Waals surface area contributed by atoms with Gasteiger partial charge in [-0.1, -0.05) is 5.16 Å². The zero-order valence-corrected chi connectivity index (χ0v) is 16.2. The minimum atomic E-state index is -0.134. The highest BCUT2D eigenvalue weighted by Crippen LogP contribution is 2.21. The standard InChI is InChI=1S/C18H27N5O3/c1-11(2)21(5)17(24)14-6-7-16-19-23(18(25)22(16)9-8-14)10-15-12(3)20-26-13(15)4/h11,14H,6-10H2,1-5H3. The van der Waals surface area contributed by atoms with Crippen LogP contribution in [0.3, 0.4) is 0 Å². The summed E-state index contributed by atoms with van der Waals surface area (Å²) in [6.07, 6.45) is 2.02. The van der Waals surface area contributed by atoms with Gasteiger partial charge in [-0.05, 0) is 40.5 Å². The van der Waals surface area contributed by atoms with E-state index in [0.29, 0.717) is 31.7 Å². The molecule has 3 rings (SSSR count). The largest absolute Gasteiger partial charge is 0.361 e. The number of nitrogens with zero attached hydrogens (tertiary/aromatic N) is 5. The van der Waals surface area contributed by atoms with Crippen LogP contribution in [0.15, 0.2) is 9.32 Å². The van der Waals surface area contributed by atoms with Crippen LogP contribution in [0.4, 0.5) is 0 Å². The Morgan fingerprint density at radius 1 is 1.35 bits per heavy atom. The van der Waals surface area contributed by atoms with Crippen LogP contribution in [0.1, 0.15) is 49.5 Å². The molecule has 0 aromatic carbocycles. The monoisotopic (exact) mass is 361 g/mol. The smallest absolute Gasteiger partial charge is 0.346 e. The van der Waals surface area contributed by atoms with Gasteiger partial charge in [-0.15, -0.1) is 0 Å². The predicted octanol–water partition coefficient (Wildman–Crippen LogP) is 1.52. The first-order valence-corrected chi connectivity index (χ1v) is 9.14. The van der Waals surface area contributed by atoms with Crippen LogP contribution in [-0.4, -0.2) is 43.4 Å². The fourth-order valence-corrected chi connectivity index (χ4v) is 3.40. The molecule has 0 bridgehead atoms. The minimum Gasteiger partial charge on any atom is -0.361 e. The highest BCUT2D eigenvalue weighted by atomic mass is 16.5. The van der Waals surface area contributed by atoms with Gasteiger partial charge >= 0.3 is 5.69 Å². The Kier molecular flexibility index (Phi) is 5.02. The number of hydrogen-bond donors (Lipinski definition) is 0. The van der Waals surface area contributed by atoms with Gasteiger partial charge in [-0.25, -0.2) is 9.48 Å². The maximum Gasteiger partial charge on any atom is 0.346 e. The summed E-state index contributed by atoms with van der Waals surface area (Å²) in [5.74, 6) is 1.56. The molecule has 0 aliphatic carbocycles. The summed E-state index contributed by atoms with van der Waals surface area (Å²) in [7, 11) is 1.84. The lowest BCUT2D eigenvalue weighted by Gasteiger charge is -2.26. The van der Waals surface area contributed by atoms with Crippen molar-refractivity contribution >= 4 is 5.91 Å². The molecule has 0 spiro atoms. The van der Waals surface area contributed by atoms with Gasteiger partial charge < -0.3 is 9.42 Å². The molecule has 1 aliphatic heterocycles. The molecule has 1 atom stereocenters. The van der Waals surface area contributed by atoms with E-state index in [2.05, 4.69) is 10.3 Å². The molecule has 142 valence electrons. The molecule has 8 nitrogen and oxygen atoms in total. The quantitative estimate of drug-likeness (QED) is 0.824. The molecule has 0 radical (unpaired) electrons. The Hall–Kier alpha value is -2.38. The van der Waals surface area contributed by atoms with Crippen molar-refractivity contribution < 1.29 is 9.32 Å². The number of aromatic nitrogens is 4. The normalized spacial score (nSPS) is 17.2.